The molecule has 90 valence electrons. The second-order valence-electron chi connectivity index (χ2n) is 5.51. The van der Waals surface area contributed by atoms with Crippen molar-refractivity contribution in [1.82, 2.24) is 10.2 Å². The van der Waals surface area contributed by atoms with Gasteiger partial charge >= 0.3 is 0 Å². The summed E-state index contributed by atoms with van der Waals surface area (Å²) in [6.45, 7) is 6.49. The topological polar surface area (TPSA) is 38.9 Å². The monoisotopic (exact) mass is 222 g/mol. The standard InChI is InChI=1S/C13H22N2O/c1-9(2)8-11-4-6-12(7-5-11)13-15-14-10(3)16-13/h9,11-12H,4-8H2,1-3H3/t11-,12-. The number of hydrogen-bond donors (Lipinski definition) is 0. The summed E-state index contributed by atoms with van der Waals surface area (Å²) in [5.74, 6) is 3.82. The molecule has 3 heteroatoms. The number of hydrogen-bond acceptors (Lipinski definition) is 3. The van der Waals surface area contributed by atoms with Gasteiger partial charge in [-0.25, -0.2) is 0 Å². The van der Waals surface area contributed by atoms with Gasteiger partial charge in [-0.15, -0.1) is 10.2 Å². The first-order valence-electron chi connectivity index (χ1n) is 6.45. The van der Waals surface area contributed by atoms with Crippen molar-refractivity contribution in [1.29, 1.82) is 0 Å². The molecule has 0 saturated heterocycles. The lowest BCUT2D eigenvalue weighted by Gasteiger charge is -2.27. The smallest absolute Gasteiger partial charge is 0.219 e. The average Bonchev–Trinajstić information content (AvgIpc) is 2.65. The Morgan fingerprint density at radius 3 is 2.38 bits per heavy atom. The molecule has 1 fully saturated rings. The van der Waals surface area contributed by atoms with Crippen LogP contribution in [-0.2, 0) is 0 Å². The summed E-state index contributed by atoms with van der Waals surface area (Å²) < 4.78 is 5.52. The highest BCUT2D eigenvalue weighted by atomic mass is 16.4. The highest BCUT2D eigenvalue weighted by Gasteiger charge is 2.26. The molecule has 0 spiro atoms. The second-order valence-corrected chi connectivity index (χ2v) is 5.51. The maximum Gasteiger partial charge on any atom is 0.219 e. The fourth-order valence-corrected chi connectivity index (χ4v) is 2.79. The molecule has 0 N–H and O–H groups in total. The molecule has 2 rings (SSSR count). The molecule has 0 amide bonds. The number of nitrogens with zero attached hydrogens (tertiary/aromatic N) is 2. The Balaban J connectivity index is 1.85. The van der Waals surface area contributed by atoms with Crippen molar-refractivity contribution >= 4 is 0 Å². The van der Waals surface area contributed by atoms with Crippen LogP contribution in [0.3, 0.4) is 0 Å². The lowest BCUT2D eigenvalue weighted by atomic mass is 9.78. The van der Waals surface area contributed by atoms with E-state index in [2.05, 4.69) is 24.0 Å². The van der Waals surface area contributed by atoms with Crippen molar-refractivity contribution in [2.24, 2.45) is 11.8 Å². The molecule has 1 aromatic rings. The third-order valence-electron chi connectivity index (χ3n) is 3.54. The van der Waals surface area contributed by atoms with Gasteiger partial charge in [-0.05, 0) is 43.9 Å². The van der Waals surface area contributed by atoms with E-state index in [9.17, 15) is 0 Å². The Morgan fingerprint density at radius 2 is 1.88 bits per heavy atom. The van der Waals surface area contributed by atoms with Crippen LogP contribution in [0.5, 0.6) is 0 Å². The molecule has 16 heavy (non-hydrogen) atoms. The van der Waals surface area contributed by atoms with Crippen molar-refractivity contribution in [3.63, 3.8) is 0 Å². The average molecular weight is 222 g/mol. The summed E-state index contributed by atoms with van der Waals surface area (Å²) in [7, 11) is 0. The Hall–Kier alpha value is -0.860. The molecular weight excluding hydrogens is 200 g/mol. The summed E-state index contributed by atoms with van der Waals surface area (Å²) in [6.07, 6.45) is 6.46. The van der Waals surface area contributed by atoms with E-state index in [-0.39, 0.29) is 0 Å². The first kappa shape index (κ1) is 11.6. The molecule has 1 heterocycles. The van der Waals surface area contributed by atoms with Gasteiger partial charge in [-0.3, -0.25) is 0 Å². The number of aryl methyl sites for hydroxylation is 1. The molecule has 1 aromatic heterocycles. The van der Waals surface area contributed by atoms with Gasteiger partial charge in [0.2, 0.25) is 11.8 Å². The normalized spacial score (nSPS) is 26.2. The Bertz CT molecular complexity index is 324. The highest BCUT2D eigenvalue weighted by Crippen LogP contribution is 2.37. The predicted molar refractivity (Wildman–Crippen MR) is 63.2 cm³/mol. The van der Waals surface area contributed by atoms with Gasteiger partial charge in [-0.1, -0.05) is 13.8 Å². The van der Waals surface area contributed by atoms with Crippen LogP contribution in [0.25, 0.3) is 0 Å². The van der Waals surface area contributed by atoms with Crippen LogP contribution < -0.4 is 0 Å². The number of rotatable bonds is 3. The maximum absolute atomic E-state index is 5.52. The van der Waals surface area contributed by atoms with Crippen LogP contribution >= 0.6 is 0 Å². The van der Waals surface area contributed by atoms with E-state index in [4.69, 9.17) is 4.42 Å². The zero-order chi connectivity index (χ0) is 11.5. The number of aromatic nitrogens is 2. The van der Waals surface area contributed by atoms with Crippen LogP contribution in [0, 0.1) is 18.8 Å². The van der Waals surface area contributed by atoms with Gasteiger partial charge in [0.15, 0.2) is 0 Å². The molecular formula is C13H22N2O. The van der Waals surface area contributed by atoms with Crippen molar-refractivity contribution in [3.8, 4) is 0 Å². The third kappa shape index (κ3) is 2.83. The second kappa shape index (κ2) is 4.98. The molecule has 0 aromatic carbocycles. The summed E-state index contributed by atoms with van der Waals surface area (Å²) in [5, 5.41) is 8.05. The fraction of sp³-hybridized carbons (Fsp3) is 0.846. The zero-order valence-corrected chi connectivity index (χ0v) is 10.6. The Morgan fingerprint density at radius 1 is 1.19 bits per heavy atom. The minimum atomic E-state index is 0.518. The largest absolute Gasteiger partial charge is 0.425 e. The molecule has 0 unspecified atom stereocenters. The van der Waals surface area contributed by atoms with Crippen LogP contribution in [0.4, 0.5) is 0 Å². The van der Waals surface area contributed by atoms with E-state index >= 15 is 0 Å². The molecule has 0 aliphatic heterocycles. The summed E-state index contributed by atoms with van der Waals surface area (Å²) in [5.41, 5.74) is 0. The van der Waals surface area contributed by atoms with Crippen LogP contribution in [0.15, 0.2) is 4.42 Å². The molecule has 1 aliphatic carbocycles. The fourth-order valence-electron chi connectivity index (χ4n) is 2.79. The van der Waals surface area contributed by atoms with Gasteiger partial charge in [0.05, 0.1) is 0 Å². The van der Waals surface area contributed by atoms with Crippen molar-refractivity contribution in [3.05, 3.63) is 11.8 Å². The van der Waals surface area contributed by atoms with E-state index in [1.807, 2.05) is 6.92 Å². The molecule has 0 radical (unpaired) electrons. The molecule has 0 atom stereocenters. The first-order chi connectivity index (χ1) is 7.65. The molecule has 3 nitrogen and oxygen atoms in total. The van der Waals surface area contributed by atoms with E-state index < -0.39 is 0 Å². The highest BCUT2D eigenvalue weighted by molar-refractivity contribution is 4.93. The van der Waals surface area contributed by atoms with Gasteiger partial charge in [0, 0.05) is 12.8 Å². The maximum atomic E-state index is 5.52. The lowest BCUT2D eigenvalue weighted by molar-refractivity contribution is 0.260. The summed E-state index contributed by atoms with van der Waals surface area (Å²) in [6, 6.07) is 0. The van der Waals surface area contributed by atoms with Crippen molar-refractivity contribution in [2.45, 2.75) is 58.8 Å². The molecule has 1 aliphatic rings. The molecule has 0 bridgehead atoms. The van der Waals surface area contributed by atoms with E-state index in [1.54, 1.807) is 0 Å². The van der Waals surface area contributed by atoms with E-state index in [1.165, 1.54) is 32.1 Å². The van der Waals surface area contributed by atoms with Crippen LogP contribution in [-0.4, -0.2) is 10.2 Å². The van der Waals surface area contributed by atoms with Gasteiger partial charge in [-0.2, -0.15) is 0 Å². The SMILES string of the molecule is Cc1nnc([C@H]2CC[C@H](CC(C)C)CC2)o1. The van der Waals surface area contributed by atoms with Crippen molar-refractivity contribution in [2.75, 3.05) is 0 Å². The predicted octanol–water partition coefficient (Wildman–Crippen LogP) is 3.70. The van der Waals surface area contributed by atoms with Crippen LogP contribution in [0.2, 0.25) is 0 Å². The lowest BCUT2D eigenvalue weighted by Crippen LogP contribution is -2.15. The third-order valence-corrected chi connectivity index (χ3v) is 3.54. The Labute approximate surface area is 97.6 Å². The summed E-state index contributed by atoms with van der Waals surface area (Å²) >= 11 is 0. The Kier molecular flexibility index (Phi) is 3.62. The summed E-state index contributed by atoms with van der Waals surface area (Å²) in [4.78, 5) is 0. The van der Waals surface area contributed by atoms with Gasteiger partial charge in [0.25, 0.3) is 0 Å². The molecule has 1 saturated carbocycles. The van der Waals surface area contributed by atoms with Crippen molar-refractivity contribution < 1.29 is 4.42 Å². The van der Waals surface area contributed by atoms with Gasteiger partial charge < -0.3 is 4.42 Å². The first-order valence-corrected chi connectivity index (χ1v) is 6.45. The minimum Gasteiger partial charge on any atom is -0.425 e. The van der Waals surface area contributed by atoms with Gasteiger partial charge in [0.1, 0.15) is 0 Å². The van der Waals surface area contributed by atoms with E-state index in [0.717, 1.165) is 17.7 Å². The minimum absolute atomic E-state index is 0.518. The quantitative estimate of drug-likeness (QED) is 0.782. The van der Waals surface area contributed by atoms with E-state index in [0.29, 0.717) is 11.8 Å². The zero-order valence-electron chi connectivity index (χ0n) is 10.6. The van der Waals surface area contributed by atoms with Crippen LogP contribution in [0.1, 0.15) is 63.7 Å².